The third kappa shape index (κ3) is 4.82. The Labute approximate surface area is 142 Å². The summed E-state index contributed by atoms with van der Waals surface area (Å²) >= 11 is 7.94. The van der Waals surface area contributed by atoms with Gasteiger partial charge in [0, 0.05) is 10.9 Å². The molecule has 5 heteroatoms. The van der Waals surface area contributed by atoms with Gasteiger partial charge in [-0.15, -0.1) is 11.8 Å². The van der Waals surface area contributed by atoms with E-state index >= 15 is 0 Å². The average Bonchev–Trinajstić information content (AvgIpc) is 2.53. The molecule has 122 valence electrons. The second kappa shape index (κ2) is 8.68. The minimum atomic E-state index is 0.00368. The fourth-order valence-electron chi connectivity index (χ4n) is 2.74. The Balaban J connectivity index is 1.94. The lowest BCUT2D eigenvalue weighted by Gasteiger charge is -2.25. The van der Waals surface area contributed by atoms with Gasteiger partial charge in [-0.05, 0) is 37.5 Å². The highest BCUT2D eigenvalue weighted by Crippen LogP contribution is 2.33. The maximum absolute atomic E-state index is 12.5. The Kier molecular flexibility index (Phi) is 6.90. The summed E-state index contributed by atoms with van der Waals surface area (Å²) in [5.41, 5.74) is 0.721. The number of halogens is 1. The monoisotopic (exact) mass is 341 g/mol. The number of benzene rings is 1. The van der Waals surface area contributed by atoms with Crippen molar-refractivity contribution in [2.75, 3.05) is 12.4 Å². The first-order valence-corrected chi connectivity index (χ1v) is 9.26. The molecule has 22 heavy (non-hydrogen) atoms. The van der Waals surface area contributed by atoms with Gasteiger partial charge in [0.1, 0.15) is 5.75 Å². The normalized spacial score (nSPS) is 17.0. The number of thioether (sulfide) groups is 1. The molecule has 1 amide bonds. The van der Waals surface area contributed by atoms with E-state index in [0.29, 0.717) is 16.0 Å². The van der Waals surface area contributed by atoms with Crippen LogP contribution in [0.3, 0.4) is 0 Å². The summed E-state index contributed by atoms with van der Waals surface area (Å²) in [5.74, 6) is 0.683. The number of nitrogens with one attached hydrogen (secondary N) is 1. The molecular formula is C17H24ClNO2S. The van der Waals surface area contributed by atoms with Crippen LogP contribution in [0.2, 0.25) is 5.02 Å². The van der Waals surface area contributed by atoms with Crippen molar-refractivity contribution >= 4 is 35.0 Å². The van der Waals surface area contributed by atoms with E-state index in [2.05, 4.69) is 12.2 Å². The number of rotatable bonds is 6. The second-order valence-electron chi connectivity index (χ2n) is 5.63. The maximum atomic E-state index is 12.5. The van der Waals surface area contributed by atoms with Crippen molar-refractivity contribution in [1.82, 2.24) is 0 Å². The van der Waals surface area contributed by atoms with Crippen molar-refractivity contribution in [3.63, 3.8) is 0 Å². The molecule has 0 bridgehead atoms. The molecule has 1 unspecified atom stereocenters. The molecule has 1 aromatic rings. The van der Waals surface area contributed by atoms with Crippen LogP contribution in [0, 0.1) is 0 Å². The minimum absolute atomic E-state index is 0.00368. The first-order chi connectivity index (χ1) is 10.6. The summed E-state index contributed by atoms with van der Waals surface area (Å²) < 4.78 is 5.13. The standard InChI is InChI=1S/C17H24ClNO2S/c1-3-16(22-13-7-5-4-6-8-13)17(20)19-12-9-10-15(21-2)14(18)11-12/h9-11,13,16H,3-8H2,1-2H3,(H,19,20). The predicted molar refractivity (Wildman–Crippen MR) is 95.2 cm³/mol. The van der Waals surface area contributed by atoms with Crippen molar-refractivity contribution in [3.8, 4) is 5.75 Å². The topological polar surface area (TPSA) is 38.3 Å². The molecule has 0 spiro atoms. The molecule has 0 aliphatic heterocycles. The summed E-state index contributed by atoms with van der Waals surface area (Å²) in [6.45, 7) is 2.07. The summed E-state index contributed by atoms with van der Waals surface area (Å²) in [6, 6.07) is 5.32. The van der Waals surface area contributed by atoms with Crippen LogP contribution in [0.1, 0.15) is 45.4 Å². The zero-order valence-corrected chi connectivity index (χ0v) is 14.8. The van der Waals surface area contributed by atoms with E-state index in [4.69, 9.17) is 16.3 Å². The Morgan fingerprint density at radius 2 is 2.14 bits per heavy atom. The second-order valence-corrected chi connectivity index (χ2v) is 7.55. The number of amides is 1. The molecule has 1 aliphatic rings. The maximum Gasteiger partial charge on any atom is 0.237 e. The van der Waals surface area contributed by atoms with E-state index < -0.39 is 0 Å². The smallest absolute Gasteiger partial charge is 0.237 e. The van der Waals surface area contributed by atoms with Crippen LogP contribution in [0.5, 0.6) is 5.75 Å². The third-order valence-electron chi connectivity index (χ3n) is 3.99. The van der Waals surface area contributed by atoms with Gasteiger partial charge >= 0.3 is 0 Å². The van der Waals surface area contributed by atoms with E-state index in [1.165, 1.54) is 32.1 Å². The summed E-state index contributed by atoms with van der Waals surface area (Å²) in [4.78, 5) is 12.5. The van der Waals surface area contributed by atoms with Crippen LogP contribution in [-0.4, -0.2) is 23.5 Å². The van der Waals surface area contributed by atoms with Gasteiger partial charge in [0.25, 0.3) is 0 Å². The summed E-state index contributed by atoms with van der Waals surface area (Å²) in [7, 11) is 1.58. The van der Waals surface area contributed by atoms with Crippen molar-refractivity contribution in [2.24, 2.45) is 0 Å². The van der Waals surface area contributed by atoms with Crippen molar-refractivity contribution < 1.29 is 9.53 Å². The Bertz CT molecular complexity index is 503. The van der Waals surface area contributed by atoms with Gasteiger partial charge < -0.3 is 10.1 Å². The molecule has 0 saturated heterocycles. The van der Waals surface area contributed by atoms with Gasteiger partial charge in [0.2, 0.25) is 5.91 Å². The van der Waals surface area contributed by atoms with Crippen LogP contribution in [-0.2, 0) is 4.79 Å². The fraction of sp³-hybridized carbons (Fsp3) is 0.588. The first-order valence-electron chi connectivity index (χ1n) is 7.94. The number of anilines is 1. The largest absolute Gasteiger partial charge is 0.495 e. The van der Waals surface area contributed by atoms with Crippen LogP contribution in [0.25, 0.3) is 0 Å². The molecule has 0 radical (unpaired) electrons. The highest BCUT2D eigenvalue weighted by atomic mass is 35.5. The van der Waals surface area contributed by atoms with Crippen molar-refractivity contribution in [2.45, 2.75) is 55.9 Å². The SMILES string of the molecule is CCC(SC1CCCCC1)C(=O)Nc1ccc(OC)c(Cl)c1. The predicted octanol–water partition coefficient (Wildman–Crippen LogP) is 5.13. The Morgan fingerprint density at radius 1 is 1.41 bits per heavy atom. The molecule has 0 heterocycles. The molecule has 1 aliphatic carbocycles. The number of methoxy groups -OCH3 is 1. The van der Waals surface area contributed by atoms with Gasteiger partial charge in [0.15, 0.2) is 0 Å². The van der Waals surface area contributed by atoms with Gasteiger partial charge in [-0.3, -0.25) is 4.79 Å². The number of ether oxygens (including phenoxy) is 1. The van der Waals surface area contributed by atoms with Gasteiger partial charge in [0.05, 0.1) is 17.4 Å². The van der Waals surface area contributed by atoms with E-state index in [1.807, 2.05) is 17.8 Å². The van der Waals surface area contributed by atoms with Gasteiger partial charge in [-0.1, -0.05) is 37.8 Å². The molecule has 2 rings (SSSR count). The van der Waals surface area contributed by atoms with E-state index in [-0.39, 0.29) is 11.2 Å². The zero-order chi connectivity index (χ0) is 15.9. The number of hydrogen-bond donors (Lipinski definition) is 1. The molecule has 1 atom stereocenters. The van der Waals surface area contributed by atoms with Crippen LogP contribution >= 0.6 is 23.4 Å². The van der Waals surface area contributed by atoms with E-state index in [1.54, 1.807) is 19.2 Å². The highest BCUT2D eigenvalue weighted by molar-refractivity contribution is 8.01. The van der Waals surface area contributed by atoms with Gasteiger partial charge in [-0.25, -0.2) is 0 Å². The lowest BCUT2D eigenvalue weighted by Crippen LogP contribution is -2.27. The van der Waals surface area contributed by atoms with Crippen LogP contribution < -0.4 is 10.1 Å². The lowest BCUT2D eigenvalue weighted by molar-refractivity contribution is -0.115. The van der Waals surface area contributed by atoms with Gasteiger partial charge in [-0.2, -0.15) is 0 Å². The van der Waals surface area contributed by atoms with Crippen molar-refractivity contribution in [3.05, 3.63) is 23.2 Å². The third-order valence-corrected chi connectivity index (χ3v) is 6.02. The van der Waals surface area contributed by atoms with Crippen LogP contribution in [0.4, 0.5) is 5.69 Å². The molecule has 3 nitrogen and oxygen atoms in total. The molecule has 1 N–H and O–H groups in total. The molecule has 1 saturated carbocycles. The average molecular weight is 342 g/mol. The molecular weight excluding hydrogens is 318 g/mol. The van der Waals surface area contributed by atoms with Crippen molar-refractivity contribution in [1.29, 1.82) is 0 Å². The Hall–Kier alpha value is -0.870. The molecule has 1 aromatic carbocycles. The first kappa shape index (κ1) is 17.5. The minimum Gasteiger partial charge on any atom is -0.495 e. The summed E-state index contributed by atoms with van der Waals surface area (Å²) in [6.07, 6.45) is 7.25. The van der Waals surface area contributed by atoms with E-state index in [0.717, 1.165) is 12.1 Å². The fourth-order valence-corrected chi connectivity index (χ4v) is 4.45. The molecule has 0 aromatic heterocycles. The zero-order valence-electron chi connectivity index (χ0n) is 13.2. The number of carbonyl (C=O) groups is 1. The van der Waals surface area contributed by atoms with Crippen LogP contribution in [0.15, 0.2) is 18.2 Å². The number of hydrogen-bond acceptors (Lipinski definition) is 3. The summed E-state index contributed by atoms with van der Waals surface area (Å²) in [5, 5.41) is 4.11. The Morgan fingerprint density at radius 3 is 2.73 bits per heavy atom. The highest BCUT2D eigenvalue weighted by Gasteiger charge is 2.23. The lowest BCUT2D eigenvalue weighted by atomic mass is 10.0. The molecule has 1 fully saturated rings. The number of carbonyl (C=O) groups excluding carboxylic acids is 1. The quantitative estimate of drug-likeness (QED) is 0.779. The van der Waals surface area contributed by atoms with E-state index in [9.17, 15) is 4.79 Å².